The molecule has 0 aromatic heterocycles. The Hall–Kier alpha value is 0.496. The fourth-order valence-corrected chi connectivity index (χ4v) is 1.73. The monoisotopic (exact) mass is 190 g/mol. The first-order chi connectivity index (χ1) is 4.34. The molecule has 52 valence electrons. The molecule has 0 fully saturated rings. The Morgan fingerprint density at radius 2 is 1.90 bits per heavy atom. The Balaban J connectivity index is 0.000000810. The average Bonchev–Trinajstić information content (AvgIpc) is 1.89. The molecule has 0 nitrogen and oxygen atoms in total. The quantitative estimate of drug-likeness (QED) is 0.593. The molecule has 0 bridgehead atoms. The van der Waals surface area contributed by atoms with Crippen molar-refractivity contribution in [3.63, 3.8) is 0 Å². The van der Waals surface area contributed by atoms with E-state index in [2.05, 4.69) is 0 Å². The Morgan fingerprint density at radius 1 is 1.30 bits per heavy atom. The molecule has 0 radical (unpaired) electrons. The smallest absolute Gasteiger partial charge is 0.335 e. The topological polar surface area (TPSA) is 0 Å². The fourth-order valence-electron chi connectivity index (χ4n) is 0.607. The molecule has 0 unspecified atom stereocenters. The van der Waals surface area contributed by atoms with Gasteiger partial charge in [-0.25, -0.2) is 4.39 Å². The summed E-state index contributed by atoms with van der Waals surface area (Å²) in [6.07, 6.45) is 0. The molecule has 0 saturated carbocycles. The highest BCUT2D eigenvalue weighted by Gasteiger charge is 1.99. The molecule has 10 heavy (non-hydrogen) atoms. The van der Waals surface area contributed by atoms with Crippen molar-refractivity contribution in [3.05, 3.63) is 30.1 Å². The van der Waals surface area contributed by atoms with Gasteiger partial charge in [0, 0.05) is 0 Å². The lowest BCUT2D eigenvalue weighted by Gasteiger charge is -1.93. The molecule has 1 rings (SSSR count). The predicted molar refractivity (Wildman–Crippen MR) is 44.9 cm³/mol. The Bertz CT molecular complexity index is 205. The van der Waals surface area contributed by atoms with Crippen molar-refractivity contribution in [1.82, 2.24) is 0 Å². The lowest BCUT2D eigenvalue weighted by Crippen LogP contribution is -2.12. The van der Waals surface area contributed by atoms with Crippen LogP contribution >= 0.6 is 21.5 Å². The molecule has 1 aromatic carbocycles. The van der Waals surface area contributed by atoms with Gasteiger partial charge in [0.1, 0.15) is 0 Å². The minimum atomic E-state index is -0.840. The van der Waals surface area contributed by atoms with Gasteiger partial charge in [0.2, 0.25) is 0 Å². The first-order valence-electron chi connectivity index (χ1n) is 2.64. The van der Waals surface area contributed by atoms with E-state index in [9.17, 15) is 4.39 Å². The average molecular weight is 191 g/mol. The van der Waals surface area contributed by atoms with Crippen LogP contribution in [-0.4, -0.2) is 19.3 Å². The molecular formula is C6H5Cl2FMg. The third kappa shape index (κ3) is 2.62. The van der Waals surface area contributed by atoms with Crippen LogP contribution < -0.4 is 3.69 Å². The van der Waals surface area contributed by atoms with Crippen molar-refractivity contribution < 1.29 is 4.39 Å². The van der Waals surface area contributed by atoms with Gasteiger partial charge in [0.15, 0.2) is 0 Å². The summed E-state index contributed by atoms with van der Waals surface area (Å²) in [4.78, 5) is 0. The third-order valence-corrected chi connectivity index (χ3v) is 2.83. The minimum absolute atomic E-state index is 0. The molecular weight excluding hydrogens is 186 g/mol. The summed E-state index contributed by atoms with van der Waals surface area (Å²) in [5.41, 5.74) is 0. The molecule has 0 N–H and O–H groups in total. The normalized spacial score (nSPS) is 7.80. The molecule has 0 aliphatic carbocycles. The van der Waals surface area contributed by atoms with E-state index in [0.717, 1.165) is 0 Å². The second-order valence-electron chi connectivity index (χ2n) is 1.73. The van der Waals surface area contributed by atoms with E-state index >= 15 is 0 Å². The first-order valence-corrected chi connectivity index (χ1v) is 5.48. The maximum Gasteiger partial charge on any atom is 0.542 e. The summed E-state index contributed by atoms with van der Waals surface area (Å²) in [5.74, 6) is -0.167. The molecule has 0 amide bonds. The predicted octanol–water partition coefficient (Wildman–Crippen LogP) is 1.73. The Kier molecular flexibility index (Phi) is 5.44. The molecule has 1 aromatic rings. The van der Waals surface area contributed by atoms with E-state index in [1.54, 1.807) is 18.2 Å². The molecule has 0 heterocycles. The lowest BCUT2D eigenvalue weighted by molar-refractivity contribution is 0.636. The third-order valence-electron chi connectivity index (χ3n) is 1.10. The molecule has 0 aliphatic heterocycles. The van der Waals surface area contributed by atoms with Crippen molar-refractivity contribution in [2.24, 2.45) is 0 Å². The zero-order valence-electron chi connectivity index (χ0n) is 5.18. The van der Waals surface area contributed by atoms with Gasteiger partial charge in [-0.3, -0.25) is 0 Å². The Morgan fingerprint density at radius 3 is 2.30 bits per heavy atom. The van der Waals surface area contributed by atoms with Gasteiger partial charge in [-0.1, -0.05) is 18.2 Å². The van der Waals surface area contributed by atoms with Gasteiger partial charge in [-0.2, -0.15) is 0 Å². The van der Waals surface area contributed by atoms with Crippen molar-refractivity contribution >= 4 is 44.4 Å². The molecule has 0 spiro atoms. The number of hydrogen-bond donors (Lipinski definition) is 0. The van der Waals surface area contributed by atoms with E-state index in [-0.39, 0.29) is 18.2 Å². The summed E-state index contributed by atoms with van der Waals surface area (Å²) in [5, 5.41) is 0. The number of rotatable bonds is 1. The summed E-state index contributed by atoms with van der Waals surface area (Å²) < 4.78 is 13.2. The summed E-state index contributed by atoms with van der Waals surface area (Å²) in [7, 11) is 5.53. The summed E-state index contributed by atoms with van der Waals surface area (Å²) in [6, 6.07) is 6.63. The zero-order chi connectivity index (χ0) is 6.69. The van der Waals surface area contributed by atoms with Crippen LogP contribution in [0, 0.1) is 5.82 Å². The van der Waals surface area contributed by atoms with E-state index in [4.69, 9.17) is 9.07 Å². The van der Waals surface area contributed by atoms with Crippen LogP contribution in [0.25, 0.3) is 0 Å². The summed E-state index contributed by atoms with van der Waals surface area (Å²) in [6.45, 7) is 0. The summed E-state index contributed by atoms with van der Waals surface area (Å²) >= 11 is -0.840. The van der Waals surface area contributed by atoms with E-state index < -0.39 is 19.3 Å². The van der Waals surface area contributed by atoms with Gasteiger partial charge < -0.3 is 9.07 Å². The first kappa shape index (κ1) is 10.5. The number of benzene rings is 1. The molecule has 0 atom stereocenters. The molecule has 0 saturated heterocycles. The van der Waals surface area contributed by atoms with E-state index in [0.29, 0.717) is 3.69 Å². The van der Waals surface area contributed by atoms with Crippen molar-refractivity contribution in [1.29, 1.82) is 0 Å². The second-order valence-corrected chi connectivity index (χ2v) is 3.56. The molecule has 0 aliphatic rings. The van der Waals surface area contributed by atoms with Gasteiger partial charge >= 0.3 is 19.3 Å². The lowest BCUT2D eigenvalue weighted by atomic mass is 10.3. The van der Waals surface area contributed by atoms with Crippen LogP contribution in [0.2, 0.25) is 0 Å². The van der Waals surface area contributed by atoms with Crippen molar-refractivity contribution in [2.45, 2.75) is 0 Å². The van der Waals surface area contributed by atoms with Crippen LogP contribution in [0.4, 0.5) is 4.39 Å². The number of hydrogen-bond acceptors (Lipinski definition) is 0. The van der Waals surface area contributed by atoms with Gasteiger partial charge in [-0.05, 0) is 6.07 Å². The maximum atomic E-state index is 12.5. The van der Waals surface area contributed by atoms with Crippen LogP contribution in [0.1, 0.15) is 0 Å². The van der Waals surface area contributed by atoms with Gasteiger partial charge in [-0.15, -0.1) is 16.1 Å². The number of halogens is 3. The highest BCUT2D eigenvalue weighted by molar-refractivity contribution is 7.01. The van der Waals surface area contributed by atoms with E-state index in [1.165, 1.54) is 6.07 Å². The fraction of sp³-hybridized carbons (Fsp3) is 0. The van der Waals surface area contributed by atoms with Crippen LogP contribution in [0.3, 0.4) is 0 Å². The van der Waals surface area contributed by atoms with E-state index in [1.807, 2.05) is 0 Å². The second kappa shape index (κ2) is 5.19. The largest absolute Gasteiger partial charge is 0.542 e. The van der Waals surface area contributed by atoms with Crippen LogP contribution in [0.15, 0.2) is 24.3 Å². The van der Waals surface area contributed by atoms with Crippen molar-refractivity contribution in [3.8, 4) is 0 Å². The van der Waals surface area contributed by atoms with Crippen molar-refractivity contribution in [2.75, 3.05) is 0 Å². The standard InChI is InChI=1S/C6H4F.2ClH.Mg/c7-6-4-2-1-3-5-6;;;/h1-4H;2*1H;/q;;;+1/p-1. The van der Waals surface area contributed by atoms with Gasteiger partial charge in [0.25, 0.3) is 0 Å². The Labute approximate surface area is 78.7 Å². The highest BCUT2D eigenvalue weighted by Crippen LogP contribution is 1.91. The minimum Gasteiger partial charge on any atom is -0.335 e. The maximum absolute atomic E-state index is 12.5. The zero-order valence-corrected chi connectivity index (χ0v) is 8.17. The van der Waals surface area contributed by atoms with Crippen LogP contribution in [0.5, 0.6) is 0 Å². The SMILES string of the molecule is Cl.Fc1cccc[c]1[Mg][Cl]. The van der Waals surface area contributed by atoms with Crippen LogP contribution in [-0.2, 0) is 0 Å². The highest BCUT2D eigenvalue weighted by atomic mass is 35.5. The van der Waals surface area contributed by atoms with Gasteiger partial charge in [0.05, 0.1) is 5.82 Å². The molecule has 4 heteroatoms.